The van der Waals surface area contributed by atoms with E-state index in [1.807, 2.05) is 6.07 Å². The van der Waals surface area contributed by atoms with E-state index in [1.165, 1.54) is 25.1 Å². The fourth-order valence-electron chi connectivity index (χ4n) is 1.81. The van der Waals surface area contributed by atoms with E-state index < -0.39 is 16.3 Å². The molecular formula is C13H14N2O4. The maximum atomic E-state index is 11.9. The zero-order valence-corrected chi connectivity index (χ0v) is 11.0. The Morgan fingerprint density at radius 3 is 2.63 bits per heavy atom. The van der Waals surface area contributed by atoms with E-state index in [0.717, 1.165) is 0 Å². The van der Waals surface area contributed by atoms with E-state index in [2.05, 4.69) is 0 Å². The summed E-state index contributed by atoms with van der Waals surface area (Å²) < 4.78 is 4.89. The predicted octanol–water partition coefficient (Wildman–Crippen LogP) is 2.25. The van der Waals surface area contributed by atoms with Crippen LogP contribution in [0.2, 0.25) is 0 Å². The summed E-state index contributed by atoms with van der Waals surface area (Å²) in [6, 6.07) is 5.96. The fourth-order valence-corrected chi connectivity index (χ4v) is 1.81. The first-order chi connectivity index (χ1) is 8.86. The van der Waals surface area contributed by atoms with Crippen LogP contribution in [0.5, 0.6) is 0 Å². The van der Waals surface area contributed by atoms with Crippen LogP contribution in [-0.2, 0) is 14.9 Å². The van der Waals surface area contributed by atoms with Gasteiger partial charge < -0.3 is 4.74 Å². The summed E-state index contributed by atoms with van der Waals surface area (Å²) in [5.74, 6) is -0.658. The van der Waals surface area contributed by atoms with Crippen LogP contribution in [0.3, 0.4) is 0 Å². The van der Waals surface area contributed by atoms with Gasteiger partial charge >= 0.3 is 5.97 Å². The number of nitrogens with zero attached hydrogens (tertiary/aromatic N) is 2. The van der Waals surface area contributed by atoms with Crippen molar-refractivity contribution in [2.24, 2.45) is 0 Å². The molecule has 0 aliphatic rings. The van der Waals surface area contributed by atoms with Crippen molar-refractivity contribution in [2.75, 3.05) is 6.61 Å². The lowest BCUT2D eigenvalue weighted by Crippen LogP contribution is -2.33. The monoisotopic (exact) mass is 262 g/mol. The standard InChI is InChI=1S/C13H14N2O4/c1-4-19-12(16)13(3,8-14)11-6-5-10(15(17)18)7-9(11)2/h5-7H,4H2,1-3H3. The van der Waals surface area contributed by atoms with Crippen LogP contribution in [0, 0.1) is 28.4 Å². The molecule has 0 bridgehead atoms. The smallest absolute Gasteiger partial charge is 0.330 e. The van der Waals surface area contributed by atoms with Crippen molar-refractivity contribution in [2.45, 2.75) is 26.2 Å². The summed E-state index contributed by atoms with van der Waals surface area (Å²) in [6.07, 6.45) is 0. The molecule has 1 rings (SSSR count). The number of aryl methyl sites for hydroxylation is 1. The lowest BCUT2D eigenvalue weighted by molar-refractivity contribution is -0.384. The van der Waals surface area contributed by atoms with Gasteiger partial charge in [0.15, 0.2) is 5.41 Å². The van der Waals surface area contributed by atoms with Gasteiger partial charge in [0, 0.05) is 12.1 Å². The van der Waals surface area contributed by atoms with Crippen molar-refractivity contribution in [3.63, 3.8) is 0 Å². The number of non-ortho nitro benzene ring substituents is 1. The molecule has 0 aliphatic carbocycles. The molecule has 0 amide bonds. The summed E-state index contributed by atoms with van der Waals surface area (Å²) >= 11 is 0. The third-order valence-electron chi connectivity index (χ3n) is 2.87. The predicted molar refractivity (Wildman–Crippen MR) is 67.4 cm³/mol. The number of carbonyl (C=O) groups excluding carboxylic acids is 1. The van der Waals surface area contributed by atoms with Gasteiger partial charge in [0.1, 0.15) is 0 Å². The van der Waals surface area contributed by atoms with Crippen molar-refractivity contribution in [3.8, 4) is 6.07 Å². The average Bonchev–Trinajstić information content (AvgIpc) is 2.37. The van der Waals surface area contributed by atoms with Gasteiger partial charge in [-0.15, -0.1) is 0 Å². The fraction of sp³-hybridized carbons (Fsp3) is 0.385. The van der Waals surface area contributed by atoms with Gasteiger partial charge in [-0.1, -0.05) is 0 Å². The van der Waals surface area contributed by atoms with Crippen LogP contribution < -0.4 is 0 Å². The van der Waals surface area contributed by atoms with Crippen LogP contribution in [0.4, 0.5) is 5.69 Å². The molecule has 0 N–H and O–H groups in total. The van der Waals surface area contributed by atoms with Gasteiger partial charge in [-0.05, 0) is 38.0 Å². The first-order valence-electron chi connectivity index (χ1n) is 5.70. The summed E-state index contributed by atoms with van der Waals surface area (Å²) in [4.78, 5) is 22.0. The van der Waals surface area contributed by atoms with Crippen molar-refractivity contribution in [3.05, 3.63) is 39.4 Å². The van der Waals surface area contributed by atoms with Crippen LogP contribution in [0.1, 0.15) is 25.0 Å². The molecule has 1 unspecified atom stereocenters. The summed E-state index contributed by atoms with van der Waals surface area (Å²) in [6.45, 7) is 4.89. The molecular weight excluding hydrogens is 248 g/mol. The van der Waals surface area contributed by atoms with E-state index >= 15 is 0 Å². The second-order valence-corrected chi connectivity index (χ2v) is 4.21. The molecule has 0 aromatic heterocycles. The number of nitriles is 1. The van der Waals surface area contributed by atoms with Crippen molar-refractivity contribution in [1.82, 2.24) is 0 Å². The first kappa shape index (κ1) is 14.6. The minimum atomic E-state index is -1.46. The third-order valence-corrected chi connectivity index (χ3v) is 2.87. The van der Waals surface area contributed by atoms with Crippen molar-refractivity contribution < 1.29 is 14.5 Å². The molecule has 1 aromatic rings. The second-order valence-electron chi connectivity index (χ2n) is 4.21. The number of nitro groups is 1. The van der Waals surface area contributed by atoms with Crippen molar-refractivity contribution in [1.29, 1.82) is 5.26 Å². The highest BCUT2D eigenvalue weighted by molar-refractivity contribution is 5.86. The molecule has 0 radical (unpaired) electrons. The third kappa shape index (κ3) is 2.71. The Morgan fingerprint density at radius 1 is 1.58 bits per heavy atom. The number of hydrogen-bond acceptors (Lipinski definition) is 5. The van der Waals surface area contributed by atoms with E-state index in [1.54, 1.807) is 13.8 Å². The molecule has 0 aliphatic heterocycles. The molecule has 0 fully saturated rings. The lowest BCUT2D eigenvalue weighted by Gasteiger charge is -2.21. The normalized spacial score (nSPS) is 13.2. The Morgan fingerprint density at radius 2 is 2.21 bits per heavy atom. The summed E-state index contributed by atoms with van der Waals surface area (Å²) in [5, 5.41) is 19.9. The second kappa shape index (κ2) is 5.48. The molecule has 0 heterocycles. The number of rotatable bonds is 4. The molecule has 0 saturated carbocycles. The number of carbonyl (C=O) groups is 1. The van der Waals surface area contributed by atoms with E-state index in [9.17, 15) is 20.2 Å². The summed E-state index contributed by atoms with van der Waals surface area (Å²) in [5.41, 5.74) is -0.620. The SMILES string of the molecule is CCOC(=O)C(C)(C#N)c1ccc([N+](=O)[O-])cc1C. The number of benzene rings is 1. The quantitative estimate of drug-likeness (QED) is 0.471. The van der Waals surface area contributed by atoms with E-state index in [-0.39, 0.29) is 12.3 Å². The molecule has 1 atom stereocenters. The maximum absolute atomic E-state index is 11.9. The van der Waals surface area contributed by atoms with Gasteiger partial charge in [0.05, 0.1) is 17.6 Å². The van der Waals surface area contributed by atoms with E-state index in [4.69, 9.17) is 4.74 Å². The molecule has 100 valence electrons. The number of hydrogen-bond donors (Lipinski definition) is 0. The van der Waals surface area contributed by atoms with Gasteiger partial charge in [-0.25, -0.2) is 4.79 Å². The number of nitro benzene ring substituents is 1. The molecule has 1 aromatic carbocycles. The minimum Gasteiger partial charge on any atom is -0.465 e. The van der Waals surface area contributed by atoms with Gasteiger partial charge in [-0.2, -0.15) is 5.26 Å². The zero-order chi connectivity index (χ0) is 14.6. The Hall–Kier alpha value is -2.42. The van der Waals surface area contributed by atoms with Gasteiger partial charge in [0.25, 0.3) is 5.69 Å². The highest BCUT2D eigenvalue weighted by Gasteiger charge is 2.38. The maximum Gasteiger partial charge on any atom is 0.330 e. The lowest BCUT2D eigenvalue weighted by atomic mass is 9.81. The average molecular weight is 262 g/mol. The highest BCUT2D eigenvalue weighted by Crippen LogP contribution is 2.30. The molecule has 19 heavy (non-hydrogen) atoms. The van der Waals surface area contributed by atoms with Gasteiger partial charge in [-0.3, -0.25) is 10.1 Å². The van der Waals surface area contributed by atoms with Crippen LogP contribution in [0.25, 0.3) is 0 Å². The van der Waals surface area contributed by atoms with Crippen LogP contribution in [-0.4, -0.2) is 17.5 Å². The Kier molecular flexibility index (Phi) is 4.22. The topological polar surface area (TPSA) is 93.2 Å². The Bertz CT molecular complexity index is 562. The first-order valence-corrected chi connectivity index (χ1v) is 5.70. The summed E-state index contributed by atoms with van der Waals surface area (Å²) in [7, 11) is 0. The number of ether oxygens (including phenoxy) is 1. The minimum absolute atomic E-state index is 0.0783. The number of esters is 1. The Labute approximate surface area is 110 Å². The zero-order valence-electron chi connectivity index (χ0n) is 11.0. The molecule has 6 heteroatoms. The highest BCUT2D eigenvalue weighted by atomic mass is 16.6. The van der Waals surface area contributed by atoms with Gasteiger partial charge in [0.2, 0.25) is 0 Å². The van der Waals surface area contributed by atoms with Crippen LogP contribution >= 0.6 is 0 Å². The van der Waals surface area contributed by atoms with Crippen LogP contribution in [0.15, 0.2) is 18.2 Å². The molecule has 0 spiro atoms. The van der Waals surface area contributed by atoms with Crippen molar-refractivity contribution >= 4 is 11.7 Å². The largest absolute Gasteiger partial charge is 0.465 e. The molecule has 6 nitrogen and oxygen atoms in total. The molecule has 0 saturated heterocycles. The Balaban J connectivity index is 3.31. The van der Waals surface area contributed by atoms with E-state index in [0.29, 0.717) is 11.1 Å².